The molecule has 1 heterocycles. The Hall–Kier alpha value is -2.86. The fraction of sp³-hybridized carbons (Fsp3) is 0.211. The van der Waals surface area contributed by atoms with Crippen LogP contribution in [-0.2, 0) is 6.42 Å². The van der Waals surface area contributed by atoms with E-state index in [0.29, 0.717) is 16.8 Å². The summed E-state index contributed by atoms with van der Waals surface area (Å²) in [5.74, 6) is 1.94. The number of ether oxygens (including phenoxy) is 1. The normalized spacial score (nSPS) is 10.4. The Morgan fingerprint density at radius 3 is 2.69 bits per heavy atom. The van der Waals surface area contributed by atoms with Gasteiger partial charge in [0.1, 0.15) is 5.75 Å². The molecule has 0 amide bonds. The number of nitrogens with one attached hydrogen (secondary N) is 2. The topological polar surface area (TPSA) is 72.0 Å². The molecular formula is C19H20ClN5O. The zero-order chi connectivity index (χ0) is 18.4. The van der Waals surface area contributed by atoms with Gasteiger partial charge in [-0.1, -0.05) is 29.8 Å². The van der Waals surface area contributed by atoms with Crippen LogP contribution in [0.3, 0.4) is 0 Å². The van der Waals surface area contributed by atoms with Crippen LogP contribution in [0.5, 0.6) is 5.75 Å². The highest BCUT2D eigenvalue weighted by Gasteiger charge is 2.05. The van der Waals surface area contributed by atoms with Gasteiger partial charge in [-0.2, -0.15) is 10.1 Å². The van der Waals surface area contributed by atoms with Crippen molar-refractivity contribution in [1.82, 2.24) is 15.2 Å². The van der Waals surface area contributed by atoms with Gasteiger partial charge in [0.2, 0.25) is 5.95 Å². The van der Waals surface area contributed by atoms with Crippen molar-refractivity contribution in [1.29, 1.82) is 0 Å². The molecule has 0 fully saturated rings. The number of hydrogen-bond donors (Lipinski definition) is 2. The quantitative estimate of drug-likeness (QED) is 0.649. The number of aromatic nitrogens is 3. The van der Waals surface area contributed by atoms with Crippen molar-refractivity contribution < 1.29 is 4.74 Å². The molecule has 0 saturated carbocycles. The van der Waals surface area contributed by atoms with Crippen molar-refractivity contribution in [3.8, 4) is 5.75 Å². The van der Waals surface area contributed by atoms with Crippen molar-refractivity contribution >= 4 is 29.1 Å². The SMILES string of the molecule is COc1ccc(CCNc2cnnc(Nc3cccc(Cl)c3C)n2)cc1. The van der Waals surface area contributed by atoms with Gasteiger partial charge in [0.15, 0.2) is 5.82 Å². The maximum Gasteiger partial charge on any atom is 0.249 e. The van der Waals surface area contributed by atoms with Crippen LogP contribution in [0.4, 0.5) is 17.5 Å². The van der Waals surface area contributed by atoms with Crippen LogP contribution in [0.25, 0.3) is 0 Å². The van der Waals surface area contributed by atoms with Crippen molar-refractivity contribution in [3.63, 3.8) is 0 Å². The highest BCUT2D eigenvalue weighted by Crippen LogP contribution is 2.24. The first-order valence-electron chi connectivity index (χ1n) is 8.24. The molecule has 2 aromatic carbocycles. The van der Waals surface area contributed by atoms with Gasteiger partial charge in [-0.05, 0) is 48.7 Å². The van der Waals surface area contributed by atoms with Crippen LogP contribution in [0.15, 0.2) is 48.7 Å². The Balaban J connectivity index is 1.59. The monoisotopic (exact) mass is 369 g/mol. The summed E-state index contributed by atoms with van der Waals surface area (Å²) in [4.78, 5) is 4.44. The summed E-state index contributed by atoms with van der Waals surface area (Å²) in [6.45, 7) is 2.68. The van der Waals surface area contributed by atoms with Gasteiger partial charge in [0.25, 0.3) is 0 Å². The maximum absolute atomic E-state index is 6.14. The lowest BCUT2D eigenvalue weighted by molar-refractivity contribution is 0.414. The van der Waals surface area contributed by atoms with E-state index in [1.807, 2.05) is 49.4 Å². The van der Waals surface area contributed by atoms with Crippen LogP contribution in [-0.4, -0.2) is 28.8 Å². The molecule has 0 aliphatic carbocycles. The molecule has 7 heteroatoms. The first-order valence-corrected chi connectivity index (χ1v) is 8.62. The van der Waals surface area contributed by atoms with E-state index in [4.69, 9.17) is 16.3 Å². The van der Waals surface area contributed by atoms with Crippen molar-refractivity contribution in [2.45, 2.75) is 13.3 Å². The van der Waals surface area contributed by atoms with Gasteiger partial charge >= 0.3 is 0 Å². The average molecular weight is 370 g/mol. The fourth-order valence-electron chi connectivity index (χ4n) is 2.43. The smallest absolute Gasteiger partial charge is 0.249 e. The molecule has 0 bridgehead atoms. The summed E-state index contributed by atoms with van der Waals surface area (Å²) in [6, 6.07) is 13.7. The molecule has 0 aliphatic rings. The third-order valence-electron chi connectivity index (χ3n) is 3.95. The third kappa shape index (κ3) is 4.61. The molecule has 0 unspecified atom stereocenters. The van der Waals surface area contributed by atoms with Gasteiger partial charge < -0.3 is 15.4 Å². The van der Waals surface area contributed by atoms with Gasteiger partial charge in [0.05, 0.1) is 13.3 Å². The van der Waals surface area contributed by atoms with Crippen LogP contribution in [0.1, 0.15) is 11.1 Å². The van der Waals surface area contributed by atoms with E-state index in [-0.39, 0.29) is 0 Å². The highest BCUT2D eigenvalue weighted by molar-refractivity contribution is 6.31. The summed E-state index contributed by atoms with van der Waals surface area (Å²) in [5, 5.41) is 15.1. The predicted molar refractivity (Wildman–Crippen MR) is 104 cm³/mol. The summed E-state index contributed by atoms with van der Waals surface area (Å²) in [7, 11) is 1.66. The minimum atomic E-state index is 0.421. The van der Waals surface area contributed by atoms with Crippen LogP contribution in [0, 0.1) is 6.92 Å². The lowest BCUT2D eigenvalue weighted by Gasteiger charge is -2.10. The lowest BCUT2D eigenvalue weighted by atomic mass is 10.1. The Morgan fingerprint density at radius 1 is 1.12 bits per heavy atom. The number of benzene rings is 2. The molecular weight excluding hydrogens is 350 g/mol. The van der Waals surface area contributed by atoms with Crippen LogP contribution in [0.2, 0.25) is 5.02 Å². The van der Waals surface area contributed by atoms with E-state index in [1.165, 1.54) is 5.56 Å². The van der Waals surface area contributed by atoms with Gasteiger partial charge in [-0.15, -0.1) is 5.10 Å². The number of rotatable bonds is 7. The van der Waals surface area contributed by atoms with E-state index in [2.05, 4.69) is 25.8 Å². The summed E-state index contributed by atoms with van der Waals surface area (Å²) < 4.78 is 5.16. The van der Waals surface area contributed by atoms with E-state index in [9.17, 15) is 0 Å². The van der Waals surface area contributed by atoms with Crippen LogP contribution >= 0.6 is 11.6 Å². The minimum absolute atomic E-state index is 0.421. The van der Waals surface area contributed by atoms with Gasteiger partial charge in [-0.25, -0.2) is 0 Å². The van der Waals surface area contributed by atoms with E-state index < -0.39 is 0 Å². The number of halogens is 1. The molecule has 0 saturated heterocycles. The second-order valence-electron chi connectivity index (χ2n) is 5.73. The molecule has 2 N–H and O–H groups in total. The Labute approximate surface area is 157 Å². The molecule has 26 heavy (non-hydrogen) atoms. The van der Waals surface area contributed by atoms with Crippen molar-refractivity contribution in [3.05, 3.63) is 64.8 Å². The second-order valence-corrected chi connectivity index (χ2v) is 6.13. The van der Waals surface area contributed by atoms with Gasteiger partial charge in [-0.3, -0.25) is 0 Å². The first kappa shape index (κ1) is 17.9. The average Bonchev–Trinajstić information content (AvgIpc) is 2.66. The molecule has 1 aromatic heterocycles. The molecule has 0 radical (unpaired) electrons. The largest absolute Gasteiger partial charge is 0.497 e. The van der Waals surface area contributed by atoms with Gasteiger partial charge in [0, 0.05) is 17.3 Å². The Kier molecular flexibility index (Phi) is 5.86. The number of hydrogen-bond acceptors (Lipinski definition) is 6. The van der Waals surface area contributed by atoms with E-state index in [1.54, 1.807) is 13.3 Å². The standard InChI is InChI=1S/C19H20ClN5O/c1-13-16(20)4-3-5-17(13)23-19-24-18(12-22-25-19)21-11-10-14-6-8-15(26-2)9-7-14/h3-9,12H,10-11H2,1-2H3,(H2,21,23,24,25). The maximum atomic E-state index is 6.14. The van der Waals surface area contributed by atoms with E-state index in [0.717, 1.165) is 30.0 Å². The highest BCUT2D eigenvalue weighted by atomic mass is 35.5. The number of nitrogens with zero attached hydrogens (tertiary/aromatic N) is 3. The predicted octanol–water partition coefficient (Wildman–Crippen LogP) is 4.24. The Morgan fingerprint density at radius 2 is 1.92 bits per heavy atom. The van der Waals surface area contributed by atoms with E-state index >= 15 is 0 Å². The fourth-order valence-corrected chi connectivity index (χ4v) is 2.61. The molecule has 0 spiro atoms. The zero-order valence-electron chi connectivity index (χ0n) is 14.7. The Bertz CT molecular complexity index is 870. The lowest BCUT2D eigenvalue weighted by Crippen LogP contribution is -2.09. The minimum Gasteiger partial charge on any atom is -0.497 e. The zero-order valence-corrected chi connectivity index (χ0v) is 15.4. The summed E-state index contributed by atoms with van der Waals surface area (Å²) in [5.41, 5.74) is 3.01. The summed E-state index contributed by atoms with van der Waals surface area (Å²) >= 11 is 6.14. The molecule has 134 valence electrons. The van der Waals surface area contributed by atoms with Crippen LogP contribution < -0.4 is 15.4 Å². The van der Waals surface area contributed by atoms with Crippen molar-refractivity contribution in [2.24, 2.45) is 0 Å². The number of methoxy groups -OCH3 is 1. The molecule has 3 rings (SSSR count). The molecule has 3 aromatic rings. The first-order chi connectivity index (χ1) is 12.7. The molecule has 0 aliphatic heterocycles. The molecule has 6 nitrogen and oxygen atoms in total. The second kappa shape index (κ2) is 8.49. The number of anilines is 3. The third-order valence-corrected chi connectivity index (χ3v) is 4.36. The molecule has 0 atom stereocenters. The summed E-state index contributed by atoms with van der Waals surface area (Å²) in [6.07, 6.45) is 2.47. The van der Waals surface area contributed by atoms with Crippen molar-refractivity contribution in [2.75, 3.05) is 24.3 Å².